The molecule has 1 saturated heterocycles. The van der Waals surface area contributed by atoms with Gasteiger partial charge in [-0.05, 0) is 11.6 Å². The van der Waals surface area contributed by atoms with Crippen LogP contribution < -0.4 is 0 Å². The van der Waals surface area contributed by atoms with E-state index in [0.717, 1.165) is 12.1 Å². The van der Waals surface area contributed by atoms with E-state index in [2.05, 4.69) is 11.0 Å². The van der Waals surface area contributed by atoms with Crippen molar-refractivity contribution in [3.05, 3.63) is 76.4 Å². The summed E-state index contributed by atoms with van der Waals surface area (Å²) < 4.78 is 26.9. The number of nitro groups is 1. The van der Waals surface area contributed by atoms with Gasteiger partial charge in [0.1, 0.15) is 0 Å². The van der Waals surface area contributed by atoms with Crippen LogP contribution in [0.2, 0.25) is 0 Å². The van der Waals surface area contributed by atoms with Crippen molar-refractivity contribution in [1.82, 2.24) is 9.21 Å². The quantitative estimate of drug-likeness (QED) is 0.562. The first-order chi connectivity index (χ1) is 13.0. The van der Waals surface area contributed by atoms with E-state index < -0.39 is 14.9 Å². The van der Waals surface area contributed by atoms with Crippen molar-refractivity contribution in [1.29, 1.82) is 0 Å². The minimum absolute atomic E-state index is 0.243. The van der Waals surface area contributed by atoms with Crippen molar-refractivity contribution < 1.29 is 13.3 Å². The molecule has 2 aromatic rings. The summed E-state index contributed by atoms with van der Waals surface area (Å²) >= 11 is 0. The Bertz CT molecular complexity index is 921. The fourth-order valence-electron chi connectivity index (χ4n) is 3.02. The zero-order chi connectivity index (χ0) is 19.3. The Balaban J connectivity index is 1.62. The van der Waals surface area contributed by atoms with E-state index in [9.17, 15) is 18.5 Å². The predicted octanol–water partition coefficient (Wildman–Crippen LogP) is 2.61. The Hall–Kier alpha value is -2.55. The predicted molar refractivity (Wildman–Crippen MR) is 104 cm³/mol. The molecule has 0 spiro atoms. The summed E-state index contributed by atoms with van der Waals surface area (Å²) in [6.45, 7) is 2.52. The number of sulfonamides is 1. The smallest absolute Gasteiger partial charge is 0.289 e. The second-order valence-corrected chi connectivity index (χ2v) is 8.15. The standard InChI is InChI=1S/C19H21N3O4S/c23-22(24)18-10-4-5-11-19(18)27(25,26)21-15-13-20(14-16-21)12-6-9-17-7-2-1-3-8-17/h1-11H,12-16H2/b9-6+. The molecule has 1 heterocycles. The maximum atomic E-state index is 12.8. The van der Waals surface area contributed by atoms with Gasteiger partial charge in [0.05, 0.1) is 4.92 Å². The third kappa shape index (κ3) is 4.60. The minimum atomic E-state index is -3.88. The van der Waals surface area contributed by atoms with E-state index in [1.165, 1.54) is 28.6 Å². The summed E-state index contributed by atoms with van der Waals surface area (Å²) in [4.78, 5) is 12.4. The Morgan fingerprint density at radius 2 is 1.59 bits per heavy atom. The maximum absolute atomic E-state index is 12.8. The molecule has 1 aliphatic heterocycles. The van der Waals surface area contributed by atoms with Crippen LogP contribution in [0.25, 0.3) is 6.08 Å². The molecule has 0 bridgehead atoms. The molecule has 0 unspecified atom stereocenters. The zero-order valence-corrected chi connectivity index (χ0v) is 15.6. The van der Waals surface area contributed by atoms with Crippen LogP contribution in [0.5, 0.6) is 0 Å². The van der Waals surface area contributed by atoms with Crippen LogP contribution >= 0.6 is 0 Å². The molecule has 1 aliphatic rings. The van der Waals surface area contributed by atoms with Gasteiger partial charge in [-0.25, -0.2) is 8.42 Å². The van der Waals surface area contributed by atoms with Crippen molar-refractivity contribution in [2.45, 2.75) is 4.90 Å². The SMILES string of the molecule is O=[N+]([O-])c1ccccc1S(=O)(=O)N1CCN(C/C=C/c2ccccc2)CC1. The maximum Gasteiger partial charge on any atom is 0.289 e. The summed E-state index contributed by atoms with van der Waals surface area (Å²) in [6, 6.07) is 15.5. The van der Waals surface area contributed by atoms with E-state index in [1.54, 1.807) is 0 Å². The number of nitrogens with zero attached hydrogens (tertiary/aromatic N) is 3. The number of benzene rings is 2. The lowest BCUT2D eigenvalue weighted by molar-refractivity contribution is -0.387. The molecule has 0 aliphatic carbocycles. The lowest BCUT2D eigenvalue weighted by Crippen LogP contribution is -2.48. The molecule has 0 radical (unpaired) electrons. The minimum Gasteiger partial charge on any atom is -0.297 e. The van der Waals surface area contributed by atoms with Gasteiger partial charge in [0.25, 0.3) is 5.69 Å². The Morgan fingerprint density at radius 1 is 0.963 bits per heavy atom. The number of nitro benzene ring substituents is 1. The van der Waals surface area contributed by atoms with Gasteiger partial charge in [0.15, 0.2) is 4.90 Å². The molecule has 142 valence electrons. The average molecular weight is 387 g/mol. The highest BCUT2D eigenvalue weighted by Crippen LogP contribution is 2.26. The summed E-state index contributed by atoms with van der Waals surface area (Å²) in [7, 11) is -3.88. The van der Waals surface area contributed by atoms with Gasteiger partial charge >= 0.3 is 0 Å². The van der Waals surface area contributed by atoms with E-state index in [1.807, 2.05) is 36.4 Å². The fourth-order valence-corrected chi connectivity index (χ4v) is 4.60. The second kappa shape index (κ2) is 8.43. The number of piperazine rings is 1. The topological polar surface area (TPSA) is 83.8 Å². The molecule has 2 aromatic carbocycles. The van der Waals surface area contributed by atoms with Crippen LogP contribution in [0, 0.1) is 10.1 Å². The normalized spacial score (nSPS) is 16.6. The molecule has 1 fully saturated rings. The third-order valence-corrected chi connectivity index (χ3v) is 6.43. The first-order valence-corrected chi connectivity index (χ1v) is 10.1. The van der Waals surface area contributed by atoms with E-state index in [4.69, 9.17) is 0 Å². The molecule has 27 heavy (non-hydrogen) atoms. The van der Waals surface area contributed by atoms with Gasteiger partial charge in [-0.2, -0.15) is 4.31 Å². The lowest BCUT2D eigenvalue weighted by Gasteiger charge is -2.33. The first kappa shape index (κ1) is 19.2. The van der Waals surface area contributed by atoms with Crippen LogP contribution in [-0.2, 0) is 10.0 Å². The van der Waals surface area contributed by atoms with Crippen molar-refractivity contribution in [2.75, 3.05) is 32.7 Å². The molecule has 3 rings (SSSR count). The molecule has 8 heteroatoms. The molecule has 0 amide bonds. The fraction of sp³-hybridized carbons (Fsp3) is 0.263. The Kier molecular flexibility index (Phi) is 6.00. The van der Waals surface area contributed by atoms with Gasteiger partial charge in [0.2, 0.25) is 10.0 Å². The van der Waals surface area contributed by atoms with Crippen LogP contribution in [0.15, 0.2) is 65.6 Å². The largest absolute Gasteiger partial charge is 0.297 e. The van der Waals surface area contributed by atoms with Crippen molar-refractivity contribution >= 4 is 21.8 Å². The number of hydrogen-bond donors (Lipinski definition) is 0. The summed E-state index contributed by atoms with van der Waals surface area (Å²) in [5.41, 5.74) is 0.737. The average Bonchev–Trinajstić information content (AvgIpc) is 2.69. The van der Waals surface area contributed by atoms with Crippen LogP contribution in [0.3, 0.4) is 0 Å². The van der Waals surface area contributed by atoms with E-state index in [0.29, 0.717) is 26.2 Å². The zero-order valence-electron chi connectivity index (χ0n) is 14.8. The lowest BCUT2D eigenvalue weighted by atomic mass is 10.2. The van der Waals surface area contributed by atoms with Crippen molar-refractivity contribution in [3.8, 4) is 0 Å². The first-order valence-electron chi connectivity index (χ1n) is 8.66. The highest BCUT2D eigenvalue weighted by molar-refractivity contribution is 7.89. The summed E-state index contributed by atoms with van der Waals surface area (Å²) in [6.07, 6.45) is 4.10. The number of rotatable bonds is 6. The summed E-state index contributed by atoms with van der Waals surface area (Å²) in [5, 5.41) is 11.1. The summed E-state index contributed by atoms with van der Waals surface area (Å²) in [5.74, 6) is 0. The van der Waals surface area contributed by atoms with E-state index >= 15 is 0 Å². The van der Waals surface area contributed by atoms with Gasteiger partial charge in [0, 0.05) is 38.8 Å². The van der Waals surface area contributed by atoms with Gasteiger partial charge in [-0.15, -0.1) is 0 Å². The van der Waals surface area contributed by atoms with Crippen LogP contribution in [0.4, 0.5) is 5.69 Å². The van der Waals surface area contributed by atoms with Gasteiger partial charge in [-0.3, -0.25) is 15.0 Å². The molecule has 0 aromatic heterocycles. The van der Waals surface area contributed by atoms with Crippen molar-refractivity contribution in [3.63, 3.8) is 0 Å². The second-order valence-electron chi connectivity index (χ2n) is 6.24. The van der Waals surface area contributed by atoms with Gasteiger partial charge in [-0.1, -0.05) is 54.6 Å². The Labute approximate surface area is 158 Å². The molecular formula is C19H21N3O4S. The molecule has 7 nitrogen and oxygen atoms in total. The van der Waals surface area contributed by atoms with Crippen molar-refractivity contribution in [2.24, 2.45) is 0 Å². The molecule has 0 N–H and O–H groups in total. The number of para-hydroxylation sites is 1. The molecule has 0 atom stereocenters. The highest BCUT2D eigenvalue weighted by atomic mass is 32.2. The number of hydrogen-bond acceptors (Lipinski definition) is 5. The van der Waals surface area contributed by atoms with Crippen LogP contribution in [-0.4, -0.2) is 55.3 Å². The van der Waals surface area contributed by atoms with Gasteiger partial charge < -0.3 is 0 Å². The monoisotopic (exact) mass is 387 g/mol. The Morgan fingerprint density at radius 3 is 2.26 bits per heavy atom. The highest BCUT2D eigenvalue weighted by Gasteiger charge is 2.33. The molecular weight excluding hydrogens is 366 g/mol. The van der Waals surface area contributed by atoms with Crippen LogP contribution in [0.1, 0.15) is 5.56 Å². The molecule has 0 saturated carbocycles. The van der Waals surface area contributed by atoms with E-state index in [-0.39, 0.29) is 10.6 Å². The third-order valence-electron chi connectivity index (χ3n) is 4.48.